The summed E-state index contributed by atoms with van der Waals surface area (Å²) in [6.45, 7) is 7.16. The van der Waals surface area contributed by atoms with Crippen LogP contribution in [-0.2, 0) is 16.3 Å². The normalized spacial score (nSPS) is 16.6. The van der Waals surface area contributed by atoms with Gasteiger partial charge in [0, 0.05) is 16.9 Å². The van der Waals surface area contributed by atoms with Gasteiger partial charge in [0.15, 0.2) is 0 Å². The molecule has 0 aliphatic carbocycles. The summed E-state index contributed by atoms with van der Waals surface area (Å²) < 4.78 is 30.1. The topological polar surface area (TPSA) is 86.5 Å². The molecule has 7 heteroatoms. The Bertz CT molecular complexity index is 691. The third kappa shape index (κ3) is 2.49. The van der Waals surface area contributed by atoms with Crippen LogP contribution >= 0.6 is 0 Å². The maximum Gasteiger partial charge on any atom is 0.305 e. The lowest BCUT2D eigenvalue weighted by Gasteiger charge is -2.16. The van der Waals surface area contributed by atoms with Crippen LogP contribution in [0.4, 0.5) is 0 Å². The van der Waals surface area contributed by atoms with E-state index in [4.69, 9.17) is 4.74 Å². The van der Waals surface area contributed by atoms with Crippen LogP contribution in [0.25, 0.3) is 0 Å². The van der Waals surface area contributed by atoms with E-state index in [1.165, 1.54) is 0 Å². The Morgan fingerprint density at radius 1 is 1.40 bits per heavy atom. The summed E-state index contributed by atoms with van der Waals surface area (Å²) in [6, 6.07) is 1.66. The molecule has 0 saturated carbocycles. The van der Waals surface area contributed by atoms with E-state index in [2.05, 4.69) is 0 Å². The molecule has 1 aromatic carbocycles. The number of hydrogen-bond acceptors (Lipinski definition) is 5. The fourth-order valence-corrected chi connectivity index (χ4v) is 4.26. The number of hydrogen-bond donors (Lipinski definition) is 0. The minimum absolute atomic E-state index is 0.0641. The molecule has 0 bridgehead atoms. The number of rotatable bonds is 3. The minimum Gasteiger partial charge on any atom is -0.487 e. The predicted molar refractivity (Wildman–Crippen MR) is 73.4 cm³/mol. The van der Waals surface area contributed by atoms with E-state index in [-0.39, 0.29) is 10.5 Å². The van der Waals surface area contributed by atoms with Gasteiger partial charge in [-0.1, -0.05) is 0 Å². The third-order valence-electron chi connectivity index (χ3n) is 3.37. The summed E-state index contributed by atoms with van der Waals surface area (Å²) in [7, 11) is -3.93. The summed E-state index contributed by atoms with van der Waals surface area (Å²) >= 11 is 0. The van der Waals surface area contributed by atoms with Gasteiger partial charge in [0.25, 0.3) is 0 Å². The Morgan fingerprint density at radius 2 is 2.00 bits per heavy atom. The van der Waals surface area contributed by atoms with E-state index in [9.17, 15) is 18.5 Å². The Hall–Kier alpha value is -1.63. The SMILES string of the molecule is Cc1cc2c(c(C)c1S(=O)(=O)C[N+](=O)[O-])CC(C)(C)O2. The first-order valence-corrected chi connectivity index (χ1v) is 7.85. The van der Waals surface area contributed by atoms with Crippen LogP contribution in [0.2, 0.25) is 0 Å². The van der Waals surface area contributed by atoms with Crippen molar-refractivity contribution < 1.29 is 18.1 Å². The number of benzene rings is 1. The molecular weight excluding hydrogens is 282 g/mol. The molecular formula is C13H17NO5S. The Labute approximate surface area is 117 Å². The highest BCUT2D eigenvalue weighted by atomic mass is 32.2. The van der Waals surface area contributed by atoms with Crippen molar-refractivity contribution >= 4 is 9.84 Å². The molecule has 6 nitrogen and oxygen atoms in total. The first-order valence-electron chi connectivity index (χ1n) is 6.20. The van der Waals surface area contributed by atoms with Crippen LogP contribution in [0, 0.1) is 24.0 Å². The van der Waals surface area contributed by atoms with Crippen molar-refractivity contribution in [1.82, 2.24) is 0 Å². The lowest BCUT2D eigenvalue weighted by atomic mass is 9.97. The average molecular weight is 299 g/mol. The molecule has 0 atom stereocenters. The van der Waals surface area contributed by atoms with E-state index in [1.54, 1.807) is 19.9 Å². The molecule has 110 valence electrons. The molecule has 2 rings (SSSR count). The number of ether oxygens (including phenoxy) is 1. The minimum atomic E-state index is -3.93. The molecule has 1 aliphatic heterocycles. The summed E-state index contributed by atoms with van der Waals surface area (Å²) in [5.41, 5.74) is 1.49. The Morgan fingerprint density at radius 3 is 2.55 bits per heavy atom. The zero-order valence-electron chi connectivity index (χ0n) is 11.9. The van der Waals surface area contributed by atoms with Crippen LogP contribution in [0.3, 0.4) is 0 Å². The fraction of sp³-hybridized carbons (Fsp3) is 0.538. The predicted octanol–water partition coefficient (Wildman–Crippen LogP) is 2.02. The van der Waals surface area contributed by atoms with E-state index in [0.29, 0.717) is 23.3 Å². The number of nitro groups is 1. The lowest BCUT2D eigenvalue weighted by molar-refractivity contribution is -0.458. The second kappa shape index (κ2) is 4.44. The summed E-state index contributed by atoms with van der Waals surface area (Å²) in [6.07, 6.45) is 0.593. The Kier molecular flexibility index (Phi) is 3.28. The van der Waals surface area contributed by atoms with Crippen molar-refractivity contribution in [2.45, 2.75) is 44.6 Å². The number of nitrogens with zero attached hydrogens (tertiary/aromatic N) is 1. The summed E-state index contributed by atoms with van der Waals surface area (Å²) in [4.78, 5) is 9.80. The highest BCUT2D eigenvalue weighted by Gasteiger charge is 2.35. The van der Waals surface area contributed by atoms with Gasteiger partial charge >= 0.3 is 5.88 Å². The molecule has 0 N–H and O–H groups in total. The van der Waals surface area contributed by atoms with Gasteiger partial charge < -0.3 is 4.74 Å². The molecule has 0 fully saturated rings. The third-order valence-corrected chi connectivity index (χ3v) is 5.17. The molecule has 1 aliphatic rings. The summed E-state index contributed by atoms with van der Waals surface area (Å²) in [5.74, 6) is -0.414. The van der Waals surface area contributed by atoms with Gasteiger partial charge in [-0.25, -0.2) is 8.42 Å². The van der Waals surface area contributed by atoms with Gasteiger partial charge in [-0.2, -0.15) is 0 Å². The molecule has 1 heterocycles. The lowest BCUT2D eigenvalue weighted by Crippen LogP contribution is -2.24. The maximum atomic E-state index is 12.2. The van der Waals surface area contributed by atoms with Crippen LogP contribution in [0.1, 0.15) is 30.5 Å². The quantitative estimate of drug-likeness (QED) is 0.629. The molecule has 0 aromatic heterocycles. The van der Waals surface area contributed by atoms with Gasteiger partial charge in [-0.3, -0.25) is 10.1 Å². The van der Waals surface area contributed by atoms with Crippen LogP contribution < -0.4 is 4.74 Å². The molecule has 0 spiro atoms. The van der Waals surface area contributed by atoms with Crippen molar-refractivity contribution in [2.24, 2.45) is 0 Å². The highest BCUT2D eigenvalue weighted by molar-refractivity contribution is 7.91. The zero-order chi connectivity index (χ0) is 15.3. The molecule has 0 saturated heterocycles. The number of sulfone groups is 1. The molecule has 0 radical (unpaired) electrons. The van der Waals surface area contributed by atoms with Crippen molar-refractivity contribution in [3.8, 4) is 5.75 Å². The Balaban J connectivity index is 2.62. The second-order valence-electron chi connectivity index (χ2n) is 5.74. The van der Waals surface area contributed by atoms with Crippen LogP contribution in [0.5, 0.6) is 5.75 Å². The monoisotopic (exact) mass is 299 g/mol. The van der Waals surface area contributed by atoms with E-state index >= 15 is 0 Å². The molecule has 20 heavy (non-hydrogen) atoms. The van der Waals surface area contributed by atoms with Crippen LogP contribution in [-0.4, -0.2) is 24.8 Å². The largest absolute Gasteiger partial charge is 0.487 e. The van der Waals surface area contributed by atoms with Gasteiger partial charge in [0.1, 0.15) is 11.4 Å². The summed E-state index contributed by atoms with van der Waals surface area (Å²) in [5, 5.41) is 10.5. The van der Waals surface area contributed by atoms with E-state index in [1.807, 2.05) is 13.8 Å². The molecule has 0 unspecified atom stereocenters. The average Bonchev–Trinajstić information content (AvgIpc) is 2.50. The second-order valence-corrected chi connectivity index (χ2v) is 7.64. The zero-order valence-corrected chi connectivity index (χ0v) is 12.7. The maximum absolute atomic E-state index is 12.2. The van der Waals surface area contributed by atoms with Crippen molar-refractivity contribution in [1.29, 1.82) is 0 Å². The molecule has 1 aromatic rings. The van der Waals surface area contributed by atoms with Crippen molar-refractivity contribution in [3.05, 3.63) is 32.9 Å². The first-order chi connectivity index (χ1) is 9.03. The van der Waals surface area contributed by atoms with Gasteiger partial charge in [-0.05, 0) is 44.9 Å². The fourth-order valence-electron chi connectivity index (χ4n) is 2.72. The number of aryl methyl sites for hydroxylation is 1. The van der Waals surface area contributed by atoms with Crippen molar-refractivity contribution in [3.63, 3.8) is 0 Å². The highest BCUT2D eigenvalue weighted by Crippen LogP contribution is 2.40. The van der Waals surface area contributed by atoms with Crippen molar-refractivity contribution in [2.75, 3.05) is 5.88 Å². The van der Waals surface area contributed by atoms with Gasteiger partial charge in [0.2, 0.25) is 9.84 Å². The van der Waals surface area contributed by atoms with E-state index in [0.717, 1.165) is 5.56 Å². The van der Waals surface area contributed by atoms with E-state index < -0.39 is 20.6 Å². The van der Waals surface area contributed by atoms with Gasteiger partial charge in [-0.15, -0.1) is 0 Å². The molecule has 0 amide bonds. The van der Waals surface area contributed by atoms with Crippen LogP contribution in [0.15, 0.2) is 11.0 Å². The standard InChI is InChI=1S/C13H17NO5S/c1-8-5-11-10(6-13(3,4)19-11)9(2)12(8)20(17,18)7-14(15)16/h5H,6-7H2,1-4H3. The smallest absolute Gasteiger partial charge is 0.305 e. The first kappa shape index (κ1) is 14.8. The number of fused-ring (bicyclic) bond motifs is 1. The van der Waals surface area contributed by atoms with Gasteiger partial charge in [0.05, 0.1) is 4.90 Å².